The number of ether oxygens (including phenoxy) is 2. The van der Waals surface area contributed by atoms with Crippen molar-refractivity contribution in [1.29, 1.82) is 0 Å². The number of halogens is 2. The first-order chi connectivity index (χ1) is 17.1. The van der Waals surface area contributed by atoms with E-state index in [1.165, 1.54) is 0 Å². The average Bonchev–Trinajstić information content (AvgIpc) is 2.89. The number of benzene rings is 3. The summed E-state index contributed by atoms with van der Waals surface area (Å²) in [5.74, 6) is 0.781. The first kappa shape index (κ1) is 23.9. The number of methoxy groups -OCH3 is 1. The summed E-state index contributed by atoms with van der Waals surface area (Å²) in [6, 6.07) is 21.9. The lowest BCUT2D eigenvalue weighted by Gasteiger charge is -2.27. The highest BCUT2D eigenvalue weighted by molar-refractivity contribution is 6.31. The predicted molar refractivity (Wildman–Crippen MR) is 143 cm³/mol. The third-order valence-electron chi connectivity index (χ3n) is 6.34. The quantitative estimate of drug-likeness (QED) is 0.306. The van der Waals surface area contributed by atoms with E-state index in [-0.39, 0.29) is 6.04 Å². The molecule has 7 heteroatoms. The number of pyridine rings is 1. The fraction of sp³-hybridized carbons (Fsp3) is 0.250. The van der Waals surface area contributed by atoms with E-state index in [2.05, 4.69) is 39.5 Å². The predicted octanol–water partition coefficient (Wildman–Crippen LogP) is 6.58. The van der Waals surface area contributed by atoms with Crippen LogP contribution in [0.15, 0.2) is 72.9 Å². The minimum Gasteiger partial charge on any atom is -0.497 e. The van der Waals surface area contributed by atoms with Crippen molar-refractivity contribution in [3.05, 3.63) is 99.7 Å². The lowest BCUT2D eigenvalue weighted by Crippen LogP contribution is -2.35. The summed E-state index contributed by atoms with van der Waals surface area (Å²) in [4.78, 5) is 6.88. The van der Waals surface area contributed by atoms with Crippen molar-refractivity contribution < 1.29 is 9.47 Å². The van der Waals surface area contributed by atoms with Crippen molar-refractivity contribution in [2.75, 3.05) is 38.7 Å². The Morgan fingerprint density at radius 3 is 2.60 bits per heavy atom. The Kier molecular flexibility index (Phi) is 7.40. The molecule has 1 aromatic heterocycles. The van der Waals surface area contributed by atoms with Crippen molar-refractivity contribution >= 4 is 39.8 Å². The monoisotopic (exact) mass is 507 g/mol. The molecule has 0 amide bonds. The molecule has 1 N–H and O–H groups in total. The number of nitrogens with zero attached hydrogens (tertiary/aromatic N) is 2. The van der Waals surface area contributed by atoms with Gasteiger partial charge in [0.05, 0.1) is 31.9 Å². The van der Waals surface area contributed by atoms with Crippen molar-refractivity contribution in [2.45, 2.75) is 12.6 Å². The Bertz CT molecular complexity index is 1320. The Labute approximate surface area is 215 Å². The van der Waals surface area contributed by atoms with E-state index in [4.69, 9.17) is 32.7 Å². The molecular formula is C28H27Cl2N3O2. The first-order valence-corrected chi connectivity index (χ1v) is 12.4. The van der Waals surface area contributed by atoms with E-state index in [0.29, 0.717) is 5.02 Å². The lowest BCUT2D eigenvalue weighted by atomic mass is 9.96. The second-order valence-electron chi connectivity index (χ2n) is 8.61. The molecule has 1 unspecified atom stereocenters. The van der Waals surface area contributed by atoms with Gasteiger partial charge in [-0.1, -0.05) is 47.5 Å². The zero-order chi connectivity index (χ0) is 24.2. The van der Waals surface area contributed by atoms with Crippen LogP contribution in [-0.4, -0.2) is 43.3 Å². The van der Waals surface area contributed by atoms with E-state index in [1.807, 2.05) is 48.7 Å². The molecule has 4 aromatic rings. The summed E-state index contributed by atoms with van der Waals surface area (Å²) >= 11 is 13.2. The molecule has 0 spiro atoms. The van der Waals surface area contributed by atoms with Crippen LogP contribution in [0, 0.1) is 0 Å². The molecule has 2 heterocycles. The number of hydrogen-bond acceptors (Lipinski definition) is 5. The van der Waals surface area contributed by atoms with Gasteiger partial charge >= 0.3 is 0 Å². The Morgan fingerprint density at radius 1 is 1.00 bits per heavy atom. The molecular weight excluding hydrogens is 481 g/mol. The van der Waals surface area contributed by atoms with E-state index < -0.39 is 0 Å². The molecule has 1 atom stereocenters. The van der Waals surface area contributed by atoms with Crippen LogP contribution < -0.4 is 10.1 Å². The molecule has 0 aliphatic carbocycles. The zero-order valence-corrected chi connectivity index (χ0v) is 21.0. The van der Waals surface area contributed by atoms with Gasteiger partial charge in [-0.25, -0.2) is 0 Å². The van der Waals surface area contributed by atoms with Gasteiger partial charge < -0.3 is 14.8 Å². The van der Waals surface area contributed by atoms with Gasteiger partial charge in [-0.05, 0) is 59.2 Å². The maximum absolute atomic E-state index is 6.81. The van der Waals surface area contributed by atoms with E-state index in [9.17, 15) is 0 Å². The van der Waals surface area contributed by atoms with E-state index >= 15 is 0 Å². The summed E-state index contributed by atoms with van der Waals surface area (Å²) in [5.41, 5.74) is 5.05. The number of fused-ring (bicyclic) bond motifs is 1. The van der Waals surface area contributed by atoms with Crippen LogP contribution in [0.25, 0.3) is 10.9 Å². The fourth-order valence-electron chi connectivity index (χ4n) is 4.45. The minimum atomic E-state index is -0.166. The maximum atomic E-state index is 6.81. The number of hydrogen-bond donors (Lipinski definition) is 1. The highest BCUT2D eigenvalue weighted by Crippen LogP contribution is 2.34. The van der Waals surface area contributed by atoms with Gasteiger partial charge in [0.1, 0.15) is 5.75 Å². The second kappa shape index (κ2) is 10.8. The molecule has 3 aromatic carbocycles. The maximum Gasteiger partial charge on any atom is 0.119 e. The SMILES string of the molecule is COc1ccc2nccc(NC(c3cccc(Cl)c3)c3ccc(CN4CCOCC4)c(Cl)c3)c2c1. The molecule has 0 saturated carbocycles. The smallest absolute Gasteiger partial charge is 0.119 e. The van der Waals surface area contributed by atoms with Gasteiger partial charge in [-0.15, -0.1) is 0 Å². The number of rotatable bonds is 7. The summed E-state index contributed by atoms with van der Waals surface area (Å²) in [7, 11) is 1.67. The Morgan fingerprint density at radius 2 is 1.83 bits per heavy atom. The largest absolute Gasteiger partial charge is 0.497 e. The molecule has 35 heavy (non-hydrogen) atoms. The van der Waals surface area contributed by atoms with Crippen LogP contribution in [0.1, 0.15) is 22.7 Å². The van der Waals surface area contributed by atoms with Crippen molar-refractivity contribution in [1.82, 2.24) is 9.88 Å². The summed E-state index contributed by atoms with van der Waals surface area (Å²) in [6.45, 7) is 4.18. The summed E-state index contributed by atoms with van der Waals surface area (Å²) in [6.07, 6.45) is 1.81. The molecule has 5 nitrogen and oxygen atoms in total. The van der Waals surface area contributed by atoms with Crippen LogP contribution in [-0.2, 0) is 11.3 Å². The molecule has 5 rings (SSSR count). The standard InChI is InChI=1S/C28H27Cl2N3O2/c1-34-23-7-8-26-24(17-23)27(9-10-31-26)32-28(19-3-2-4-22(29)15-19)20-5-6-21(25(30)16-20)18-33-11-13-35-14-12-33/h2-10,15-17,28H,11-14,18H2,1H3,(H,31,32). The molecule has 1 fully saturated rings. The molecule has 180 valence electrons. The normalized spacial score (nSPS) is 15.2. The van der Waals surface area contributed by atoms with Crippen LogP contribution in [0.5, 0.6) is 5.75 Å². The van der Waals surface area contributed by atoms with Gasteiger partial charge in [0.25, 0.3) is 0 Å². The number of morpholine rings is 1. The topological polar surface area (TPSA) is 46.6 Å². The van der Waals surface area contributed by atoms with Crippen LogP contribution in [0.2, 0.25) is 10.0 Å². The Hall–Kier alpha value is -2.83. The third kappa shape index (κ3) is 5.54. The number of aromatic nitrogens is 1. The van der Waals surface area contributed by atoms with E-state index in [0.717, 1.165) is 76.9 Å². The highest BCUT2D eigenvalue weighted by Gasteiger charge is 2.19. The first-order valence-electron chi connectivity index (χ1n) is 11.6. The lowest BCUT2D eigenvalue weighted by molar-refractivity contribution is 0.0342. The fourth-order valence-corrected chi connectivity index (χ4v) is 4.90. The molecule has 1 saturated heterocycles. The molecule has 0 radical (unpaired) electrons. The van der Waals surface area contributed by atoms with Crippen molar-refractivity contribution in [3.63, 3.8) is 0 Å². The summed E-state index contributed by atoms with van der Waals surface area (Å²) < 4.78 is 10.9. The second-order valence-corrected chi connectivity index (χ2v) is 9.46. The Balaban J connectivity index is 1.51. The van der Waals surface area contributed by atoms with Gasteiger partial charge in [0, 0.05) is 46.9 Å². The van der Waals surface area contributed by atoms with E-state index in [1.54, 1.807) is 7.11 Å². The zero-order valence-electron chi connectivity index (χ0n) is 19.5. The average molecular weight is 508 g/mol. The summed E-state index contributed by atoms with van der Waals surface area (Å²) in [5, 5.41) is 6.14. The van der Waals surface area contributed by atoms with Gasteiger partial charge in [-0.2, -0.15) is 0 Å². The van der Waals surface area contributed by atoms with Gasteiger partial charge in [-0.3, -0.25) is 9.88 Å². The third-order valence-corrected chi connectivity index (χ3v) is 6.93. The van der Waals surface area contributed by atoms with Crippen LogP contribution in [0.4, 0.5) is 5.69 Å². The van der Waals surface area contributed by atoms with Crippen LogP contribution >= 0.6 is 23.2 Å². The molecule has 1 aliphatic rings. The van der Waals surface area contributed by atoms with Crippen molar-refractivity contribution in [3.8, 4) is 5.75 Å². The highest BCUT2D eigenvalue weighted by atomic mass is 35.5. The molecule has 0 bridgehead atoms. The number of nitrogens with one attached hydrogen (secondary N) is 1. The molecule has 1 aliphatic heterocycles. The minimum absolute atomic E-state index is 0.166. The van der Waals surface area contributed by atoms with Crippen LogP contribution in [0.3, 0.4) is 0 Å². The van der Waals surface area contributed by atoms with Gasteiger partial charge in [0.15, 0.2) is 0 Å². The number of anilines is 1. The van der Waals surface area contributed by atoms with Gasteiger partial charge in [0.2, 0.25) is 0 Å². The van der Waals surface area contributed by atoms with Crippen molar-refractivity contribution in [2.24, 2.45) is 0 Å².